The summed E-state index contributed by atoms with van der Waals surface area (Å²) >= 11 is 3.32. The predicted molar refractivity (Wildman–Crippen MR) is 93.7 cm³/mol. The lowest BCUT2D eigenvalue weighted by Crippen LogP contribution is -2.13. The minimum absolute atomic E-state index is 0.533. The van der Waals surface area contributed by atoms with E-state index in [2.05, 4.69) is 31.1 Å². The Labute approximate surface area is 142 Å². The fourth-order valence-electron chi connectivity index (χ4n) is 2.65. The van der Waals surface area contributed by atoms with Crippen molar-refractivity contribution >= 4 is 27.4 Å². The van der Waals surface area contributed by atoms with Crippen LogP contribution in [0.2, 0.25) is 0 Å². The SMILES string of the molecule is Cn1cc(-c2cnn3c(N)c(Br)cnc23)cn1.NC1CCCC1. The van der Waals surface area contributed by atoms with Gasteiger partial charge in [0.15, 0.2) is 5.65 Å². The van der Waals surface area contributed by atoms with Crippen molar-refractivity contribution in [2.24, 2.45) is 12.8 Å². The van der Waals surface area contributed by atoms with Crippen LogP contribution in [0.5, 0.6) is 0 Å². The number of nitrogen functional groups attached to an aromatic ring is 1. The molecule has 3 aromatic rings. The van der Waals surface area contributed by atoms with Gasteiger partial charge in [-0.25, -0.2) is 4.98 Å². The van der Waals surface area contributed by atoms with Crippen molar-refractivity contribution in [1.29, 1.82) is 0 Å². The second-order valence-corrected chi connectivity index (χ2v) is 6.59. The van der Waals surface area contributed by atoms with E-state index in [1.165, 1.54) is 25.7 Å². The summed E-state index contributed by atoms with van der Waals surface area (Å²) in [5.74, 6) is 0.533. The molecule has 0 spiro atoms. The van der Waals surface area contributed by atoms with Gasteiger partial charge in [-0.1, -0.05) is 12.8 Å². The Kier molecular flexibility index (Phi) is 4.63. The van der Waals surface area contributed by atoms with Crippen molar-refractivity contribution in [2.45, 2.75) is 31.7 Å². The third-order valence-electron chi connectivity index (χ3n) is 3.93. The lowest BCUT2D eigenvalue weighted by molar-refractivity contribution is 0.704. The zero-order valence-electron chi connectivity index (χ0n) is 13.0. The van der Waals surface area contributed by atoms with E-state index in [0.717, 1.165) is 21.2 Å². The molecule has 0 aromatic carbocycles. The van der Waals surface area contributed by atoms with Crippen molar-refractivity contribution in [1.82, 2.24) is 24.4 Å². The predicted octanol–water partition coefficient (Wildman–Crippen LogP) is 2.36. The van der Waals surface area contributed by atoms with E-state index in [0.29, 0.717) is 11.9 Å². The van der Waals surface area contributed by atoms with Crippen molar-refractivity contribution < 1.29 is 0 Å². The number of hydrogen-bond donors (Lipinski definition) is 2. The van der Waals surface area contributed by atoms with Gasteiger partial charge < -0.3 is 11.5 Å². The van der Waals surface area contributed by atoms with Crippen LogP contribution in [0.4, 0.5) is 5.82 Å². The van der Waals surface area contributed by atoms with Crippen molar-refractivity contribution in [2.75, 3.05) is 5.73 Å². The molecule has 0 aliphatic heterocycles. The van der Waals surface area contributed by atoms with Gasteiger partial charge in [0.05, 0.1) is 16.9 Å². The molecule has 4 N–H and O–H groups in total. The Bertz CT molecular complexity index is 801. The number of hydrogen-bond acceptors (Lipinski definition) is 5. The Morgan fingerprint density at radius 1 is 1.17 bits per heavy atom. The minimum atomic E-state index is 0.533. The maximum Gasteiger partial charge on any atom is 0.165 e. The fourth-order valence-corrected chi connectivity index (χ4v) is 2.92. The normalized spacial score (nSPS) is 14.9. The number of nitrogens with two attached hydrogens (primary N) is 2. The van der Waals surface area contributed by atoms with Gasteiger partial charge >= 0.3 is 0 Å². The van der Waals surface area contributed by atoms with Crippen LogP contribution in [0.3, 0.4) is 0 Å². The average molecular weight is 378 g/mol. The topological polar surface area (TPSA) is 100 Å². The first-order valence-electron chi connectivity index (χ1n) is 7.58. The van der Waals surface area contributed by atoms with E-state index in [-0.39, 0.29) is 0 Å². The number of aromatic nitrogens is 5. The number of halogens is 1. The second kappa shape index (κ2) is 6.67. The van der Waals surface area contributed by atoms with Crippen LogP contribution in [0.1, 0.15) is 25.7 Å². The largest absolute Gasteiger partial charge is 0.383 e. The maximum atomic E-state index is 5.91. The molecule has 3 heterocycles. The Hall–Kier alpha value is -1.93. The van der Waals surface area contributed by atoms with Crippen molar-refractivity contribution in [3.8, 4) is 11.1 Å². The van der Waals surface area contributed by atoms with Crippen LogP contribution < -0.4 is 11.5 Å². The van der Waals surface area contributed by atoms with Gasteiger partial charge in [-0.3, -0.25) is 4.68 Å². The number of rotatable bonds is 1. The Balaban J connectivity index is 0.000000220. The molecule has 1 saturated carbocycles. The highest BCUT2D eigenvalue weighted by Gasteiger charge is 2.12. The van der Waals surface area contributed by atoms with E-state index < -0.39 is 0 Å². The summed E-state index contributed by atoms with van der Waals surface area (Å²) in [5.41, 5.74) is 14.0. The first-order valence-corrected chi connectivity index (χ1v) is 8.38. The average Bonchev–Trinajstić information content (AvgIpc) is 3.24. The molecule has 3 aromatic heterocycles. The molecule has 1 aliphatic carbocycles. The van der Waals surface area contributed by atoms with Crippen LogP contribution >= 0.6 is 15.9 Å². The zero-order chi connectivity index (χ0) is 16.4. The number of nitrogens with zero attached hydrogens (tertiary/aromatic N) is 5. The Morgan fingerprint density at radius 3 is 2.48 bits per heavy atom. The molecule has 1 fully saturated rings. The molecule has 0 saturated heterocycles. The summed E-state index contributed by atoms with van der Waals surface area (Å²) in [6, 6.07) is 0.546. The van der Waals surface area contributed by atoms with E-state index >= 15 is 0 Å². The van der Waals surface area contributed by atoms with Gasteiger partial charge in [0.1, 0.15) is 5.82 Å². The molecule has 1 aliphatic rings. The molecule has 0 radical (unpaired) electrons. The van der Waals surface area contributed by atoms with Gasteiger partial charge in [0, 0.05) is 36.6 Å². The third-order valence-corrected chi connectivity index (χ3v) is 4.54. The van der Waals surface area contributed by atoms with Crippen molar-refractivity contribution in [3.05, 3.63) is 29.3 Å². The van der Waals surface area contributed by atoms with Gasteiger partial charge in [-0.15, -0.1) is 0 Å². The number of fused-ring (bicyclic) bond motifs is 1. The summed E-state index contributed by atoms with van der Waals surface area (Å²) in [5, 5.41) is 8.36. The first-order chi connectivity index (χ1) is 11.1. The molecule has 0 amide bonds. The Morgan fingerprint density at radius 2 is 1.91 bits per heavy atom. The first kappa shape index (κ1) is 15.9. The minimum Gasteiger partial charge on any atom is -0.383 e. The molecule has 122 valence electrons. The molecule has 8 heteroatoms. The standard InChI is InChI=1S/C10H9BrN6.C5H11N/c1-16-5-6(2-14-16)7-3-15-17-9(12)8(11)4-13-10(7)17;6-5-3-1-2-4-5/h2-5H,12H2,1H3;5H,1-4,6H2. The highest BCUT2D eigenvalue weighted by atomic mass is 79.9. The summed E-state index contributed by atoms with van der Waals surface area (Å²) in [6.07, 6.45) is 12.4. The third kappa shape index (κ3) is 3.37. The quantitative estimate of drug-likeness (QED) is 0.677. The summed E-state index contributed by atoms with van der Waals surface area (Å²) in [4.78, 5) is 4.32. The van der Waals surface area contributed by atoms with Crippen molar-refractivity contribution in [3.63, 3.8) is 0 Å². The summed E-state index contributed by atoms with van der Waals surface area (Å²) < 4.78 is 4.07. The molecule has 7 nitrogen and oxygen atoms in total. The lowest BCUT2D eigenvalue weighted by Gasteiger charge is -2.00. The van der Waals surface area contributed by atoms with Crippen LogP contribution in [-0.2, 0) is 7.05 Å². The van der Waals surface area contributed by atoms with Crippen LogP contribution in [0, 0.1) is 0 Å². The number of aryl methyl sites for hydroxylation is 1. The van der Waals surface area contributed by atoms with Gasteiger partial charge in [0.25, 0.3) is 0 Å². The second-order valence-electron chi connectivity index (χ2n) is 5.73. The fraction of sp³-hybridized carbons (Fsp3) is 0.400. The highest BCUT2D eigenvalue weighted by molar-refractivity contribution is 9.10. The summed E-state index contributed by atoms with van der Waals surface area (Å²) in [6.45, 7) is 0. The molecular weight excluding hydrogens is 358 g/mol. The van der Waals surface area contributed by atoms with Crippen LogP contribution in [-0.4, -0.2) is 30.4 Å². The molecule has 23 heavy (non-hydrogen) atoms. The molecule has 4 rings (SSSR count). The van der Waals surface area contributed by atoms with E-state index in [1.807, 2.05) is 13.2 Å². The molecular formula is C15H20BrN7. The lowest BCUT2D eigenvalue weighted by atomic mass is 10.2. The zero-order valence-corrected chi connectivity index (χ0v) is 14.6. The van der Waals surface area contributed by atoms with Gasteiger partial charge in [0.2, 0.25) is 0 Å². The number of anilines is 1. The molecule has 0 unspecified atom stereocenters. The molecule has 0 atom stereocenters. The maximum absolute atomic E-state index is 5.91. The smallest absolute Gasteiger partial charge is 0.165 e. The van der Waals surface area contributed by atoms with E-state index in [1.54, 1.807) is 27.8 Å². The highest BCUT2D eigenvalue weighted by Crippen LogP contribution is 2.26. The van der Waals surface area contributed by atoms with Gasteiger partial charge in [-0.2, -0.15) is 14.7 Å². The molecule has 0 bridgehead atoms. The monoisotopic (exact) mass is 377 g/mol. The van der Waals surface area contributed by atoms with E-state index in [4.69, 9.17) is 11.5 Å². The van der Waals surface area contributed by atoms with E-state index in [9.17, 15) is 0 Å². The van der Waals surface area contributed by atoms with Crippen LogP contribution in [0.25, 0.3) is 16.8 Å². The van der Waals surface area contributed by atoms with Crippen LogP contribution in [0.15, 0.2) is 29.3 Å². The summed E-state index contributed by atoms with van der Waals surface area (Å²) in [7, 11) is 1.87. The van der Waals surface area contributed by atoms with Gasteiger partial charge in [-0.05, 0) is 28.8 Å².